The number of aromatic nitrogens is 3. The third-order valence-electron chi connectivity index (χ3n) is 5.22. The highest BCUT2D eigenvalue weighted by atomic mass is 35.5. The van der Waals surface area contributed by atoms with Crippen LogP contribution >= 0.6 is 11.6 Å². The maximum atomic E-state index is 13.0. The van der Waals surface area contributed by atoms with Gasteiger partial charge in [-0.3, -0.25) is 0 Å². The van der Waals surface area contributed by atoms with E-state index in [1.165, 1.54) is 12.1 Å². The van der Waals surface area contributed by atoms with Crippen LogP contribution in [0.5, 0.6) is 0 Å². The highest BCUT2D eigenvalue weighted by Crippen LogP contribution is 2.22. The van der Waals surface area contributed by atoms with Crippen molar-refractivity contribution in [1.29, 1.82) is 0 Å². The van der Waals surface area contributed by atoms with E-state index >= 15 is 0 Å². The van der Waals surface area contributed by atoms with Crippen molar-refractivity contribution in [3.8, 4) is 0 Å². The first kappa shape index (κ1) is 21.3. The van der Waals surface area contributed by atoms with Crippen LogP contribution in [0.3, 0.4) is 0 Å². The van der Waals surface area contributed by atoms with E-state index in [1.54, 1.807) is 18.3 Å². The second-order valence-electron chi connectivity index (χ2n) is 7.51. The van der Waals surface area contributed by atoms with E-state index in [0.29, 0.717) is 29.2 Å². The Morgan fingerprint density at radius 3 is 2.48 bits per heavy atom. The summed E-state index contributed by atoms with van der Waals surface area (Å²) >= 11 is 6.23. The summed E-state index contributed by atoms with van der Waals surface area (Å²) in [5.41, 5.74) is 2.14. The van der Waals surface area contributed by atoms with Crippen molar-refractivity contribution >= 4 is 34.9 Å². The maximum Gasteiger partial charge on any atom is 0.230 e. The maximum absolute atomic E-state index is 13.0. The number of nitrogens with one attached hydrogen (secondary N) is 2. The van der Waals surface area contributed by atoms with Crippen molar-refractivity contribution in [1.82, 2.24) is 19.9 Å². The number of rotatable bonds is 7. The van der Waals surface area contributed by atoms with Gasteiger partial charge in [0.05, 0.1) is 18.1 Å². The number of hydrogen-bond donors (Lipinski definition) is 2. The van der Waals surface area contributed by atoms with Crippen LogP contribution < -0.4 is 15.5 Å². The summed E-state index contributed by atoms with van der Waals surface area (Å²) in [6.07, 6.45) is 4.14. The fourth-order valence-corrected chi connectivity index (χ4v) is 3.51. The molecule has 7 nitrogen and oxygen atoms in total. The molecule has 0 radical (unpaired) electrons. The number of piperazine rings is 1. The molecule has 9 heteroatoms. The van der Waals surface area contributed by atoms with Crippen LogP contribution in [0.15, 0.2) is 48.8 Å². The minimum absolute atomic E-state index is 0.239. The van der Waals surface area contributed by atoms with E-state index in [9.17, 15) is 4.39 Å². The van der Waals surface area contributed by atoms with Crippen molar-refractivity contribution in [2.75, 3.05) is 55.3 Å². The Morgan fingerprint density at radius 2 is 1.77 bits per heavy atom. The molecule has 1 aliphatic rings. The van der Waals surface area contributed by atoms with Gasteiger partial charge in [-0.05, 0) is 43.3 Å². The summed E-state index contributed by atoms with van der Waals surface area (Å²) in [4.78, 5) is 17.8. The fourth-order valence-electron chi connectivity index (χ4n) is 3.35. The number of likely N-dealkylation sites (N-methyl/N-ethyl adjacent to an activating group) is 1. The number of pyridine rings is 1. The van der Waals surface area contributed by atoms with Crippen LogP contribution in [0.4, 0.5) is 27.7 Å². The summed E-state index contributed by atoms with van der Waals surface area (Å²) < 4.78 is 13.0. The van der Waals surface area contributed by atoms with Gasteiger partial charge in [0.15, 0.2) is 5.82 Å². The molecular weight excluding hydrogens is 417 g/mol. The zero-order valence-corrected chi connectivity index (χ0v) is 18.1. The number of anilines is 4. The van der Waals surface area contributed by atoms with Gasteiger partial charge in [-0.25, -0.2) is 14.4 Å². The van der Waals surface area contributed by atoms with Gasteiger partial charge in [0.25, 0.3) is 0 Å². The SMILES string of the molecule is CN1CCN(c2ccc(Nc3ncc(Cl)c(NCCc4ccc(F)cc4)n3)nc2)CC1. The first-order valence-electron chi connectivity index (χ1n) is 10.2. The monoisotopic (exact) mass is 441 g/mol. The zero-order chi connectivity index (χ0) is 21.6. The molecule has 1 saturated heterocycles. The number of benzene rings is 1. The first-order valence-corrected chi connectivity index (χ1v) is 10.6. The van der Waals surface area contributed by atoms with Crippen molar-refractivity contribution in [2.24, 2.45) is 0 Å². The standard InChI is InChI=1S/C22H25ClFN7/c1-30-10-12-31(13-11-30)18-6-7-20(26-14-18)28-22-27-15-19(23)21(29-22)25-9-8-16-2-4-17(24)5-3-16/h2-7,14-15H,8-13H2,1H3,(H2,25,26,27,28,29). The van der Waals surface area contributed by atoms with Crippen LogP contribution in [0.1, 0.15) is 5.56 Å². The second-order valence-corrected chi connectivity index (χ2v) is 7.92. The van der Waals surface area contributed by atoms with Gasteiger partial charge in [0, 0.05) is 32.7 Å². The lowest BCUT2D eigenvalue weighted by Gasteiger charge is -2.33. The molecule has 0 unspecified atom stereocenters. The van der Waals surface area contributed by atoms with Gasteiger partial charge in [-0.1, -0.05) is 23.7 Å². The molecule has 1 fully saturated rings. The zero-order valence-electron chi connectivity index (χ0n) is 17.4. The molecule has 0 aliphatic carbocycles. The Labute approximate surface area is 186 Å². The number of halogens is 2. The van der Waals surface area contributed by atoms with Crippen molar-refractivity contribution in [3.05, 3.63) is 65.2 Å². The third-order valence-corrected chi connectivity index (χ3v) is 5.50. The minimum Gasteiger partial charge on any atom is -0.368 e. The smallest absolute Gasteiger partial charge is 0.230 e. The van der Waals surface area contributed by atoms with E-state index in [1.807, 2.05) is 12.3 Å². The van der Waals surface area contributed by atoms with Crippen LogP contribution in [-0.2, 0) is 6.42 Å². The highest BCUT2D eigenvalue weighted by Gasteiger charge is 2.14. The Morgan fingerprint density at radius 1 is 1.00 bits per heavy atom. The molecule has 0 amide bonds. The normalized spacial score (nSPS) is 14.5. The minimum atomic E-state index is -0.239. The van der Waals surface area contributed by atoms with E-state index in [2.05, 4.69) is 48.5 Å². The van der Waals surface area contributed by atoms with E-state index < -0.39 is 0 Å². The quantitative estimate of drug-likeness (QED) is 0.577. The predicted octanol–water partition coefficient (Wildman–Crippen LogP) is 3.81. The summed E-state index contributed by atoms with van der Waals surface area (Å²) in [6, 6.07) is 10.4. The van der Waals surface area contributed by atoms with Gasteiger partial charge in [-0.15, -0.1) is 0 Å². The Hall–Kier alpha value is -2.97. The molecule has 0 saturated carbocycles. The van der Waals surface area contributed by atoms with Crippen molar-refractivity contribution < 1.29 is 4.39 Å². The van der Waals surface area contributed by atoms with E-state index in [-0.39, 0.29) is 5.82 Å². The van der Waals surface area contributed by atoms with Crippen molar-refractivity contribution in [3.63, 3.8) is 0 Å². The van der Waals surface area contributed by atoms with Gasteiger partial charge < -0.3 is 20.4 Å². The van der Waals surface area contributed by atoms with Gasteiger partial charge in [0.2, 0.25) is 5.95 Å². The molecule has 4 rings (SSSR count). The molecule has 2 aromatic heterocycles. The largest absolute Gasteiger partial charge is 0.368 e. The molecule has 2 N–H and O–H groups in total. The van der Waals surface area contributed by atoms with Crippen LogP contribution in [-0.4, -0.2) is 59.6 Å². The van der Waals surface area contributed by atoms with Gasteiger partial charge in [0.1, 0.15) is 16.7 Å². The molecule has 0 bridgehead atoms. The molecule has 31 heavy (non-hydrogen) atoms. The number of hydrogen-bond acceptors (Lipinski definition) is 7. The lowest BCUT2D eigenvalue weighted by Crippen LogP contribution is -2.44. The lowest BCUT2D eigenvalue weighted by atomic mass is 10.1. The molecule has 1 aromatic carbocycles. The lowest BCUT2D eigenvalue weighted by molar-refractivity contribution is 0.313. The van der Waals surface area contributed by atoms with Crippen LogP contribution in [0.2, 0.25) is 5.02 Å². The number of nitrogens with zero attached hydrogens (tertiary/aromatic N) is 5. The molecular formula is C22H25ClFN7. The summed E-state index contributed by atoms with van der Waals surface area (Å²) in [5.74, 6) is 1.37. The fraction of sp³-hybridized carbons (Fsp3) is 0.318. The average molecular weight is 442 g/mol. The first-order chi connectivity index (χ1) is 15.1. The molecule has 162 valence electrons. The molecule has 3 heterocycles. The van der Waals surface area contributed by atoms with Gasteiger partial charge >= 0.3 is 0 Å². The predicted molar refractivity (Wildman–Crippen MR) is 123 cm³/mol. The molecule has 1 aliphatic heterocycles. The summed E-state index contributed by atoms with van der Waals surface area (Å²) in [6.45, 7) is 4.71. The molecule has 3 aromatic rings. The van der Waals surface area contributed by atoms with Crippen LogP contribution in [0, 0.1) is 5.82 Å². The average Bonchev–Trinajstić information content (AvgIpc) is 2.78. The topological polar surface area (TPSA) is 69.2 Å². The summed E-state index contributed by atoms with van der Waals surface area (Å²) in [7, 11) is 2.14. The summed E-state index contributed by atoms with van der Waals surface area (Å²) in [5, 5.41) is 6.77. The van der Waals surface area contributed by atoms with Gasteiger partial charge in [-0.2, -0.15) is 4.98 Å². The third kappa shape index (κ3) is 5.80. The van der Waals surface area contributed by atoms with E-state index in [0.717, 1.165) is 43.9 Å². The van der Waals surface area contributed by atoms with Crippen LogP contribution in [0.25, 0.3) is 0 Å². The molecule has 0 spiro atoms. The van der Waals surface area contributed by atoms with Crippen molar-refractivity contribution in [2.45, 2.75) is 6.42 Å². The Balaban J connectivity index is 1.34. The Bertz CT molecular complexity index is 990. The highest BCUT2D eigenvalue weighted by molar-refractivity contribution is 6.32. The van der Waals surface area contributed by atoms with E-state index in [4.69, 9.17) is 11.6 Å². The molecule has 0 atom stereocenters. The second kappa shape index (κ2) is 9.89. The Kier molecular flexibility index (Phi) is 6.79.